The van der Waals surface area contributed by atoms with E-state index >= 15 is 0 Å². The molecule has 3 atom stereocenters. The monoisotopic (exact) mass is 393 g/mol. The van der Waals surface area contributed by atoms with Crippen LogP contribution in [0.3, 0.4) is 0 Å². The number of halogens is 1. The van der Waals surface area contributed by atoms with Crippen LogP contribution in [0.1, 0.15) is 52.0 Å². The Balaban J connectivity index is 2.71. The summed E-state index contributed by atoms with van der Waals surface area (Å²) in [5, 5.41) is 3.90. The summed E-state index contributed by atoms with van der Waals surface area (Å²) in [7, 11) is 0. The summed E-state index contributed by atoms with van der Waals surface area (Å²) in [5.74, 6) is -1.84. The van der Waals surface area contributed by atoms with Crippen LogP contribution in [0.5, 0.6) is 0 Å². The van der Waals surface area contributed by atoms with E-state index in [1.54, 1.807) is 19.9 Å². The quantitative estimate of drug-likeness (QED) is 0.703. The molecule has 1 N–H and O–H groups in total. The molecule has 1 aliphatic heterocycles. The van der Waals surface area contributed by atoms with E-state index < -0.39 is 17.8 Å². The lowest BCUT2D eigenvalue weighted by atomic mass is 9.72. The number of benzene rings is 1. The molecular formula is C21H28ClNO4. The van der Waals surface area contributed by atoms with Gasteiger partial charge in [-0.3, -0.25) is 4.79 Å². The first-order chi connectivity index (χ1) is 13.0. The number of carbonyl (C=O) groups is 2. The minimum atomic E-state index is -0.565. The van der Waals surface area contributed by atoms with E-state index in [0.29, 0.717) is 23.4 Å². The van der Waals surface area contributed by atoms with Crippen LogP contribution < -0.4 is 5.32 Å². The summed E-state index contributed by atoms with van der Waals surface area (Å²) >= 11 is 6.49. The number of hydrogen-bond acceptors (Lipinski definition) is 5. The van der Waals surface area contributed by atoms with Crippen LogP contribution in [-0.2, 0) is 19.1 Å². The fourth-order valence-electron chi connectivity index (χ4n) is 3.71. The fraction of sp³-hybridized carbons (Fsp3) is 0.524. The lowest BCUT2D eigenvalue weighted by Crippen LogP contribution is -2.49. The average molecular weight is 394 g/mol. The smallest absolute Gasteiger partial charge is 0.336 e. The lowest BCUT2D eigenvalue weighted by molar-refractivity contribution is -0.150. The van der Waals surface area contributed by atoms with Crippen molar-refractivity contribution in [2.45, 2.75) is 52.5 Å². The van der Waals surface area contributed by atoms with Gasteiger partial charge in [0.05, 0.1) is 24.7 Å². The molecule has 0 aliphatic carbocycles. The topological polar surface area (TPSA) is 64.6 Å². The maximum Gasteiger partial charge on any atom is 0.336 e. The van der Waals surface area contributed by atoms with Gasteiger partial charge in [0.15, 0.2) is 0 Å². The Morgan fingerprint density at radius 3 is 2.30 bits per heavy atom. The highest BCUT2D eigenvalue weighted by atomic mass is 35.5. The molecule has 148 valence electrons. The highest BCUT2D eigenvalue weighted by Crippen LogP contribution is 2.43. The highest BCUT2D eigenvalue weighted by molar-refractivity contribution is 6.31. The molecule has 3 unspecified atom stereocenters. The average Bonchev–Trinajstić information content (AvgIpc) is 2.67. The molecule has 1 aromatic rings. The van der Waals surface area contributed by atoms with E-state index in [1.165, 1.54) is 0 Å². The summed E-state index contributed by atoms with van der Waals surface area (Å²) in [6.45, 7) is 8.07. The van der Waals surface area contributed by atoms with Crippen molar-refractivity contribution in [2.24, 2.45) is 5.92 Å². The molecule has 0 radical (unpaired) electrons. The van der Waals surface area contributed by atoms with Gasteiger partial charge in [-0.05, 0) is 38.3 Å². The number of hydrogen-bond donors (Lipinski definition) is 1. The Hall–Kier alpha value is -2.01. The number of rotatable bonds is 7. The molecule has 0 bridgehead atoms. The molecule has 0 spiro atoms. The predicted octanol–water partition coefficient (Wildman–Crippen LogP) is 4.21. The van der Waals surface area contributed by atoms with Crippen LogP contribution >= 0.6 is 11.6 Å². The summed E-state index contributed by atoms with van der Waals surface area (Å²) in [5.41, 5.74) is 2.01. The van der Waals surface area contributed by atoms with Gasteiger partial charge in [-0.2, -0.15) is 0 Å². The Morgan fingerprint density at radius 2 is 1.74 bits per heavy atom. The largest absolute Gasteiger partial charge is 0.466 e. The van der Waals surface area contributed by atoms with Gasteiger partial charge in [0.1, 0.15) is 0 Å². The van der Waals surface area contributed by atoms with Crippen molar-refractivity contribution in [1.29, 1.82) is 0 Å². The van der Waals surface area contributed by atoms with E-state index in [4.69, 9.17) is 21.1 Å². The molecule has 2 rings (SSSR count). The van der Waals surface area contributed by atoms with Crippen LogP contribution in [0.2, 0.25) is 5.02 Å². The van der Waals surface area contributed by atoms with Crippen molar-refractivity contribution < 1.29 is 19.1 Å². The Bertz CT molecular complexity index is 716. The lowest BCUT2D eigenvalue weighted by Gasteiger charge is -2.40. The van der Waals surface area contributed by atoms with Crippen LogP contribution in [0, 0.1) is 5.92 Å². The van der Waals surface area contributed by atoms with E-state index in [9.17, 15) is 9.59 Å². The first kappa shape index (κ1) is 21.3. The number of carbonyl (C=O) groups excluding carboxylic acids is 2. The zero-order valence-electron chi connectivity index (χ0n) is 16.4. The molecule has 1 aliphatic rings. The molecule has 0 aromatic heterocycles. The summed E-state index contributed by atoms with van der Waals surface area (Å²) in [4.78, 5) is 25.8. The second-order valence-corrected chi connectivity index (χ2v) is 6.81. The van der Waals surface area contributed by atoms with Crippen LogP contribution in [0.25, 0.3) is 0 Å². The SMILES string of the molecule is CCOC(=O)C1=C(CC)NC(CC)C(C(=O)OCC)C1c1ccccc1Cl. The molecule has 27 heavy (non-hydrogen) atoms. The van der Waals surface area contributed by atoms with Crippen molar-refractivity contribution in [3.63, 3.8) is 0 Å². The minimum absolute atomic E-state index is 0.154. The van der Waals surface area contributed by atoms with E-state index in [-0.39, 0.29) is 25.2 Å². The predicted molar refractivity (Wildman–Crippen MR) is 105 cm³/mol. The zero-order valence-corrected chi connectivity index (χ0v) is 17.1. The Labute approximate surface area is 166 Å². The summed E-state index contributed by atoms with van der Waals surface area (Å²) in [6.07, 6.45) is 1.34. The van der Waals surface area contributed by atoms with Crippen molar-refractivity contribution in [2.75, 3.05) is 13.2 Å². The third-order valence-electron chi connectivity index (χ3n) is 4.88. The standard InChI is InChI=1S/C21H28ClNO4/c1-5-15-18(20(24)26-7-3)17(13-11-9-10-12-14(13)22)19(16(6-2)23-15)21(25)27-8-4/h9-12,15,17-18,23H,5-8H2,1-4H3. The maximum absolute atomic E-state index is 12.9. The van der Waals surface area contributed by atoms with Gasteiger partial charge in [-0.1, -0.05) is 43.6 Å². The van der Waals surface area contributed by atoms with Crippen LogP contribution in [-0.4, -0.2) is 31.2 Å². The Morgan fingerprint density at radius 1 is 1.07 bits per heavy atom. The number of allylic oxidation sites excluding steroid dienone is 1. The minimum Gasteiger partial charge on any atom is -0.466 e. The number of nitrogens with one attached hydrogen (secondary N) is 1. The van der Waals surface area contributed by atoms with Crippen LogP contribution in [0.15, 0.2) is 35.5 Å². The molecular weight excluding hydrogens is 366 g/mol. The van der Waals surface area contributed by atoms with Crippen molar-refractivity contribution in [1.82, 2.24) is 5.32 Å². The maximum atomic E-state index is 12.9. The van der Waals surface area contributed by atoms with Gasteiger partial charge in [-0.15, -0.1) is 0 Å². The van der Waals surface area contributed by atoms with E-state index in [2.05, 4.69) is 5.32 Å². The zero-order chi connectivity index (χ0) is 20.0. The molecule has 1 heterocycles. The third kappa shape index (κ3) is 4.46. The van der Waals surface area contributed by atoms with Gasteiger partial charge in [-0.25, -0.2) is 4.79 Å². The summed E-state index contributed by atoms with van der Waals surface area (Å²) < 4.78 is 10.7. The van der Waals surface area contributed by atoms with Gasteiger partial charge in [0, 0.05) is 22.7 Å². The van der Waals surface area contributed by atoms with Crippen molar-refractivity contribution in [3.05, 3.63) is 46.1 Å². The van der Waals surface area contributed by atoms with E-state index in [1.807, 2.05) is 32.0 Å². The molecule has 0 amide bonds. The second kappa shape index (κ2) is 9.79. The number of ether oxygens (including phenoxy) is 2. The molecule has 6 heteroatoms. The Kier molecular flexibility index (Phi) is 7.72. The normalized spacial score (nSPS) is 22.2. The van der Waals surface area contributed by atoms with Crippen molar-refractivity contribution in [3.8, 4) is 0 Å². The summed E-state index contributed by atoms with van der Waals surface area (Å²) in [6, 6.07) is 7.18. The van der Waals surface area contributed by atoms with Gasteiger partial charge in [0.2, 0.25) is 0 Å². The van der Waals surface area contributed by atoms with E-state index in [0.717, 1.165) is 11.3 Å². The third-order valence-corrected chi connectivity index (χ3v) is 5.22. The molecule has 1 aromatic carbocycles. The van der Waals surface area contributed by atoms with Crippen LogP contribution in [0.4, 0.5) is 0 Å². The molecule has 5 nitrogen and oxygen atoms in total. The first-order valence-electron chi connectivity index (χ1n) is 9.57. The molecule has 0 saturated heterocycles. The van der Waals surface area contributed by atoms with Gasteiger partial charge < -0.3 is 14.8 Å². The fourth-order valence-corrected chi connectivity index (χ4v) is 3.97. The first-order valence-corrected chi connectivity index (χ1v) is 9.95. The number of esters is 2. The molecule has 0 fully saturated rings. The van der Waals surface area contributed by atoms with Gasteiger partial charge >= 0.3 is 11.9 Å². The molecule has 0 saturated carbocycles. The second-order valence-electron chi connectivity index (χ2n) is 6.40. The van der Waals surface area contributed by atoms with Gasteiger partial charge in [0.25, 0.3) is 0 Å². The highest BCUT2D eigenvalue weighted by Gasteiger charge is 2.46. The van der Waals surface area contributed by atoms with Crippen molar-refractivity contribution >= 4 is 23.5 Å².